The number of nitrogens with one attached hydrogen (secondary N) is 1. The van der Waals surface area contributed by atoms with Crippen LogP contribution in [0.2, 0.25) is 5.02 Å². The van der Waals surface area contributed by atoms with E-state index >= 15 is 0 Å². The smallest absolute Gasteiger partial charge is 0.335 e. The van der Waals surface area contributed by atoms with E-state index in [0.29, 0.717) is 35.0 Å². The fourth-order valence-corrected chi connectivity index (χ4v) is 4.20. The van der Waals surface area contributed by atoms with Gasteiger partial charge in [0.05, 0.1) is 30.8 Å². The van der Waals surface area contributed by atoms with Gasteiger partial charge in [-0.1, -0.05) is 42.8 Å². The van der Waals surface area contributed by atoms with Gasteiger partial charge in [0.15, 0.2) is 11.5 Å². The van der Waals surface area contributed by atoms with Crippen LogP contribution in [0.5, 0.6) is 17.2 Å². The van der Waals surface area contributed by atoms with Crippen LogP contribution in [0.1, 0.15) is 40.4 Å². The van der Waals surface area contributed by atoms with Gasteiger partial charge in [-0.15, -0.1) is 0 Å². The number of carboxylic acid groups (broad SMARTS) is 1. The van der Waals surface area contributed by atoms with Gasteiger partial charge in [0.25, 0.3) is 11.8 Å². The maximum Gasteiger partial charge on any atom is 0.335 e. The summed E-state index contributed by atoms with van der Waals surface area (Å²) in [7, 11) is 1.50. The second-order valence-electron chi connectivity index (χ2n) is 9.02. The molecule has 0 radical (unpaired) electrons. The van der Waals surface area contributed by atoms with Crippen molar-refractivity contribution in [2.45, 2.75) is 26.5 Å². The number of barbiturate groups is 1. The molecule has 1 fully saturated rings. The Morgan fingerprint density at radius 2 is 1.66 bits per heavy atom. The highest BCUT2D eigenvalue weighted by Gasteiger charge is 2.35. The lowest BCUT2D eigenvalue weighted by Gasteiger charge is -2.26. The quantitative estimate of drug-likeness (QED) is 0.238. The number of carbonyl (C=O) groups is 4. The van der Waals surface area contributed by atoms with E-state index in [1.165, 1.54) is 31.4 Å². The Bertz CT molecular complexity index is 1520. The molecule has 11 heteroatoms. The molecule has 3 aromatic carbocycles. The van der Waals surface area contributed by atoms with Gasteiger partial charge in [0.1, 0.15) is 17.9 Å². The molecule has 1 aliphatic heterocycles. The lowest BCUT2D eigenvalue weighted by atomic mass is 10.1. The standard InChI is InChI=1S/C30H27ClN2O8/c1-3-12-40-25-11-7-20(15-26(25)39-2)16-33-28(35)22(27(34)32-30(33)38)13-19-6-10-24(23(31)14-19)41-17-18-4-8-21(9-5-18)29(36)37/h4-11,13-15H,3,12,16-17H2,1-2H3,(H,36,37)(H,32,34,38)/b22-13+. The first-order chi connectivity index (χ1) is 19.7. The Labute approximate surface area is 241 Å². The third-order valence-electron chi connectivity index (χ3n) is 6.08. The van der Waals surface area contributed by atoms with Crippen molar-refractivity contribution in [1.82, 2.24) is 10.2 Å². The summed E-state index contributed by atoms with van der Waals surface area (Å²) >= 11 is 6.38. The maximum atomic E-state index is 13.2. The number of hydrogen-bond donors (Lipinski definition) is 2. The van der Waals surface area contributed by atoms with Crippen LogP contribution in [-0.2, 0) is 22.7 Å². The molecular formula is C30H27ClN2O8. The van der Waals surface area contributed by atoms with Gasteiger partial charge in [-0.2, -0.15) is 0 Å². The van der Waals surface area contributed by atoms with Gasteiger partial charge in [-0.05, 0) is 65.6 Å². The molecule has 0 aliphatic carbocycles. The number of carboxylic acids is 1. The number of imide groups is 2. The van der Waals surface area contributed by atoms with Crippen molar-refractivity contribution >= 4 is 41.5 Å². The van der Waals surface area contributed by atoms with Crippen LogP contribution in [0, 0.1) is 0 Å². The number of urea groups is 1. The lowest BCUT2D eigenvalue weighted by Crippen LogP contribution is -2.53. The van der Waals surface area contributed by atoms with Crippen molar-refractivity contribution in [2.75, 3.05) is 13.7 Å². The monoisotopic (exact) mass is 578 g/mol. The van der Waals surface area contributed by atoms with Crippen LogP contribution < -0.4 is 19.5 Å². The average Bonchev–Trinajstić information content (AvgIpc) is 2.96. The average molecular weight is 579 g/mol. The zero-order chi connectivity index (χ0) is 29.5. The van der Waals surface area contributed by atoms with Gasteiger partial charge in [0, 0.05) is 0 Å². The summed E-state index contributed by atoms with van der Waals surface area (Å²) in [4.78, 5) is 50.3. The third kappa shape index (κ3) is 7.03. The van der Waals surface area contributed by atoms with Crippen LogP contribution in [-0.4, -0.2) is 47.5 Å². The summed E-state index contributed by atoms with van der Waals surface area (Å²) in [6.45, 7) is 2.55. The van der Waals surface area contributed by atoms with Gasteiger partial charge < -0.3 is 19.3 Å². The van der Waals surface area contributed by atoms with E-state index in [2.05, 4.69) is 5.32 Å². The summed E-state index contributed by atoms with van der Waals surface area (Å²) in [6.07, 6.45) is 2.17. The molecule has 2 N–H and O–H groups in total. The van der Waals surface area contributed by atoms with Crippen molar-refractivity contribution in [1.29, 1.82) is 0 Å². The minimum atomic E-state index is -1.02. The molecule has 212 valence electrons. The number of halogens is 1. The summed E-state index contributed by atoms with van der Waals surface area (Å²) in [6, 6.07) is 15.2. The first-order valence-corrected chi connectivity index (χ1v) is 13.0. The molecular weight excluding hydrogens is 552 g/mol. The molecule has 1 aliphatic rings. The maximum absolute atomic E-state index is 13.2. The Kier molecular flexibility index (Phi) is 9.26. The van der Waals surface area contributed by atoms with Gasteiger partial charge >= 0.3 is 12.0 Å². The number of hydrogen-bond acceptors (Lipinski definition) is 7. The number of benzene rings is 3. The van der Waals surface area contributed by atoms with Crippen LogP contribution in [0.15, 0.2) is 66.2 Å². The van der Waals surface area contributed by atoms with E-state index < -0.39 is 23.8 Å². The Hall–Kier alpha value is -4.83. The van der Waals surface area contributed by atoms with Gasteiger partial charge in [0.2, 0.25) is 0 Å². The molecule has 0 atom stereocenters. The fourth-order valence-electron chi connectivity index (χ4n) is 3.96. The van der Waals surface area contributed by atoms with Crippen LogP contribution in [0.25, 0.3) is 6.08 Å². The van der Waals surface area contributed by atoms with Crippen molar-refractivity contribution in [2.24, 2.45) is 0 Å². The van der Waals surface area contributed by atoms with Crippen LogP contribution in [0.3, 0.4) is 0 Å². The minimum absolute atomic E-state index is 0.0965. The van der Waals surface area contributed by atoms with Crippen LogP contribution in [0.4, 0.5) is 4.79 Å². The molecule has 41 heavy (non-hydrogen) atoms. The van der Waals surface area contributed by atoms with E-state index in [1.54, 1.807) is 42.5 Å². The third-order valence-corrected chi connectivity index (χ3v) is 6.37. The predicted octanol–water partition coefficient (Wildman–Crippen LogP) is 5.08. The summed E-state index contributed by atoms with van der Waals surface area (Å²) in [5.74, 6) is -1.24. The number of aromatic carboxylic acids is 1. The number of methoxy groups -OCH3 is 1. The molecule has 0 spiro atoms. The molecule has 4 amide bonds. The van der Waals surface area contributed by atoms with Crippen molar-refractivity contribution in [3.63, 3.8) is 0 Å². The molecule has 3 aromatic rings. The molecule has 0 unspecified atom stereocenters. The summed E-state index contributed by atoms with van der Waals surface area (Å²) < 4.78 is 16.8. The number of ether oxygens (including phenoxy) is 3. The highest BCUT2D eigenvalue weighted by molar-refractivity contribution is 6.33. The molecule has 4 rings (SSSR count). The molecule has 0 bridgehead atoms. The predicted molar refractivity (Wildman–Crippen MR) is 150 cm³/mol. The zero-order valence-corrected chi connectivity index (χ0v) is 23.1. The van der Waals surface area contributed by atoms with E-state index in [1.807, 2.05) is 6.92 Å². The summed E-state index contributed by atoms with van der Waals surface area (Å²) in [5, 5.41) is 11.4. The summed E-state index contributed by atoms with van der Waals surface area (Å²) in [5.41, 5.74) is 1.72. The Balaban J connectivity index is 1.48. The van der Waals surface area contributed by atoms with E-state index in [9.17, 15) is 19.2 Å². The highest BCUT2D eigenvalue weighted by Crippen LogP contribution is 2.30. The second kappa shape index (κ2) is 13.0. The van der Waals surface area contributed by atoms with Gasteiger partial charge in [-0.3, -0.25) is 19.8 Å². The second-order valence-corrected chi connectivity index (χ2v) is 9.43. The van der Waals surface area contributed by atoms with Crippen molar-refractivity contribution in [3.05, 3.63) is 93.5 Å². The molecule has 10 nitrogen and oxygen atoms in total. The number of amides is 4. The number of nitrogens with zero attached hydrogens (tertiary/aromatic N) is 1. The lowest BCUT2D eigenvalue weighted by molar-refractivity contribution is -0.130. The van der Waals surface area contributed by atoms with Gasteiger partial charge in [-0.25, -0.2) is 9.59 Å². The number of carbonyl (C=O) groups excluding carboxylic acids is 3. The molecule has 0 saturated carbocycles. The highest BCUT2D eigenvalue weighted by atomic mass is 35.5. The Morgan fingerprint density at radius 3 is 2.32 bits per heavy atom. The normalized spacial score (nSPS) is 14.2. The molecule has 1 heterocycles. The first kappa shape index (κ1) is 29.2. The largest absolute Gasteiger partial charge is 0.493 e. The molecule has 1 saturated heterocycles. The fraction of sp³-hybridized carbons (Fsp3) is 0.200. The van der Waals surface area contributed by atoms with E-state index in [0.717, 1.165) is 16.9 Å². The van der Waals surface area contributed by atoms with Crippen molar-refractivity contribution in [3.8, 4) is 17.2 Å². The zero-order valence-electron chi connectivity index (χ0n) is 22.3. The Morgan fingerprint density at radius 1 is 0.951 bits per heavy atom. The SMILES string of the molecule is CCCOc1ccc(CN2C(=O)NC(=O)/C(=C\c3ccc(OCc4ccc(C(=O)O)cc4)c(Cl)c3)C2=O)cc1OC. The van der Waals surface area contributed by atoms with E-state index in [4.69, 9.17) is 30.9 Å². The van der Waals surface area contributed by atoms with Crippen molar-refractivity contribution < 1.29 is 38.5 Å². The number of rotatable bonds is 11. The molecule has 0 aromatic heterocycles. The van der Waals surface area contributed by atoms with Crippen LogP contribution >= 0.6 is 11.6 Å². The minimum Gasteiger partial charge on any atom is -0.493 e. The topological polar surface area (TPSA) is 131 Å². The van der Waals surface area contributed by atoms with E-state index in [-0.39, 0.29) is 29.3 Å². The first-order valence-electron chi connectivity index (χ1n) is 12.6.